The number of halogens is 6. The second-order valence-corrected chi connectivity index (χ2v) is 6.30. The van der Waals surface area contributed by atoms with Crippen LogP contribution in [0.25, 0.3) is 0 Å². The average Bonchev–Trinajstić information content (AvgIpc) is 2.42. The van der Waals surface area contributed by atoms with Gasteiger partial charge in [0.15, 0.2) is 0 Å². The lowest BCUT2D eigenvalue weighted by Crippen LogP contribution is -2.63. The highest BCUT2D eigenvalue weighted by atomic mass is 19.4. The van der Waals surface area contributed by atoms with Crippen molar-refractivity contribution in [3.05, 3.63) is 12.2 Å². The standard InChI is InChI=1S/C14H18F6N2O3/c1-7(2)9(23)21(6)8(15)10(24)22(11(25)12(3,4)5)14(19,20)13(16,17)18/h8H,1H2,2-6H3. The lowest BCUT2D eigenvalue weighted by molar-refractivity contribution is -0.329. The molecule has 0 rings (SSSR count). The Balaban J connectivity index is 6.10. The van der Waals surface area contributed by atoms with Gasteiger partial charge in [-0.1, -0.05) is 27.4 Å². The van der Waals surface area contributed by atoms with Gasteiger partial charge in [-0.05, 0) is 6.92 Å². The average molecular weight is 376 g/mol. The summed E-state index contributed by atoms with van der Waals surface area (Å²) in [5.74, 6) is -5.68. The molecule has 0 saturated heterocycles. The Hall–Kier alpha value is -2.07. The summed E-state index contributed by atoms with van der Waals surface area (Å²) in [5, 5.41) is 0. The molecule has 1 atom stereocenters. The Morgan fingerprint density at radius 2 is 1.40 bits per heavy atom. The van der Waals surface area contributed by atoms with Crippen molar-refractivity contribution in [3.8, 4) is 0 Å². The summed E-state index contributed by atoms with van der Waals surface area (Å²) in [7, 11) is 0.658. The Morgan fingerprint density at radius 3 is 1.68 bits per heavy atom. The lowest BCUT2D eigenvalue weighted by atomic mass is 9.94. The number of imide groups is 1. The SMILES string of the molecule is C=C(C)C(=O)N(C)C(F)C(=O)N(C(=O)C(C)(C)C)C(F)(F)C(F)(F)F. The minimum Gasteiger partial charge on any atom is -0.304 e. The number of carbonyl (C=O) groups excluding carboxylic acids is 3. The minimum atomic E-state index is -6.33. The van der Waals surface area contributed by atoms with Gasteiger partial charge in [0.1, 0.15) is 0 Å². The second kappa shape index (κ2) is 7.04. The molecule has 0 fully saturated rings. The first kappa shape index (κ1) is 22.9. The molecule has 0 bridgehead atoms. The first-order valence-electron chi connectivity index (χ1n) is 6.77. The van der Waals surface area contributed by atoms with E-state index in [0.29, 0.717) is 7.05 Å². The minimum absolute atomic E-state index is 0.0277. The van der Waals surface area contributed by atoms with Gasteiger partial charge in [-0.2, -0.15) is 22.0 Å². The molecule has 0 radical (unpaired) electrons. The van der Waals surface area contributed by atoms with Crippen LogP contribution < -0.4 is 0 Å². The molecule has 3 amide bonds. The van der Waals surface area contributed by atoms with Crippen LogP contribution in [0.3, 0.4) is 0 Å². The van der Waals surface area contributed by atoms with Crippen molar-refractivity contribution in [1.29, 1.82) is 0 Å². The Labute approximate surface area is 140 Å². The zero-order valence-electron chi connectivity index (χ0n) is 14.2. The monoisotopic (exact) mass is 376 g/mol. The summed E-state index contributed by atoms with van der Waals surface area (Å²) in [6.07, 6.45) is -9.58. The van der Waals surface area contributed by atoms with E-state index in [0.717, 1.165) is 27.7 Å². The van der Waals surface area contributed by atoms with Gasteiger partial charge in [-0.3, -0.25) is 14.4 Å². The molecular formula is C14H18F6N2O3. The molecule has 0 saturated carbocycles. The number of hydrogen-bond acceptors (Lipinski definition) is 3. The number of rotatable bonds is 4. The highest BCUT2D eigenvalue weighted by Gasteiger charge is 2.67. The van der Waals surface area contributed by atoms with Crippen molar-refractivity contribution in [2.45, 2.75) is 46.2 Å². The van der Waals surface area contributed by atoms with Crippen molar-refractivity contribution in [2.75, 3.05) is 7.05 Å². The Morgan fingerprint density at radius 1 is 1.00 bits per heavy atom. The molecule has 144 valence electrons. The molecule has 0 aromatic rings. The van der Waals surface area contributed by atoms with Crippen LogP contribution in [0.5, 0.6) is 0 Å². The number of amides is 3. The molecule has 0 N–H and O–H groups in total. The van der Waals surface area contributed by atoms with E-state index in [1.165, 1.54) is 0 Å². The Bertz CT molecular complexity index is 580. The van der Waals surface area contributed by atoms with Crippen molar-refractivity contribution >= 4 is 17.7 Å². The maximum atomic E-state index is 14.1. The molecular weight excluding hydrogens is 358 g/mol. The molecule has 0 aliphatic carbocycles. The first-order valence-corrected chi connectivity index (χ1v) is 6.77. The van der Waals surface area contributed by atoms with Crippen LogP contribution in [0, 0.1) is 5.41 Å². The zero-order chi connectivity index (χ0) is 20.5. The third-order valence-electron chi connectivity index (χ3n) is 2.92. The maximum Gasteiger partial charge on any atom is 0.476 e. The topological polar surface area (TPSA) is 57.7 Å². The van der Waals surface area contributed by atoms with Gasteiger partial charge in [-0.25, -0.2) is 9.29 Å². The van der Waals surface area contributed by atoms with Gasteiger partial charge >= 0.3 is 12.2 Å². The predicted molar refractivity (Wildman–Crippen MR) is 74.8 cm³/mol. The first-order chi connectivity index (χ1) is 10.9. The quantitative estimate of drug-likeness (QED) is 0.431. The maximum absolute atomic E-state index is 14.1. The van der Waals surface area contributed by atoms with Gasteiger partial charge < -0.3 is 4.90 Å². The highest BCUT2D eigenvalue weighted by molar-refractivity contribution is 6.02. The predicted octanol–water partition coefficient (Wildman–Crippen LogP) is 2.87. The van der Waals surface area contributed by atoms with Gasteiger partial charge in [0.05, 0.1) is 0 Å². The van der Waals surface area contributed by atoms with Crippen LogP contribution in [0.4, 0.5) is 26.3 Å². The van der Waals surface area contributed by atoms with Gasteiger partial charge in [0.2, 0.25) is 5.91 Å². The third kappa shape index (κ3) is 4.73. The number of carbonyl (C=O) groups is 3. The van der Waals surface area contributed by atoms with Crippen LogP contribution >= 0.6 is 0 Å². The van der Waals surface area contributed by atoms with Crippen LogP contribution in [0.15, 0.2) is 12.2 Å². The second-order valence-electron chi connectivity index (χ2n) is 6.30. The molecule has 0 heterocycles. The number of alkyl halides is 6. The summed E-state index contributed by atoms with van der Waals surface area (Å²) in [4.78, 5) is 33.9. The number of likely N-dealkylation sites (N-methyl/N-ethyl adjacent to an activating group) is 1. The summed E-state index contributed by atoms with van der Waals surface area (Å²) in [6, 6.07) is -5.97. The highest BCUT2D eigenvalue weighted by Crippen LogP contribution is 2.41. The summed E-state index contributed by atoms with van der Waals surface area (Å²) in [5.41, 5.74) is -2.16. The van der Waals surface area contributed by atoms with Gasteiger partial charge in [0.25, 0.3) is 18.1 Å². The van der Waals surface area contributed by atoms with E-state index in [2.05, 4.69) is 6.58 Å². The number of hydrogen-bond donors (Lipinski definition) is 0. The van der Waals surface area contributed by atoms with E-state index in [1.807, 2.05) is 0 Å². The van der Waals surface area contributed by atoms with Crippen molar-refractivity contribution in [3.63, 3.8) is 0 Å². The van der Waals surface area contributed by atoms with Crippen LogP contribution in [-0.2, 0) is 14.4 Å². The molecule has 0 spiro atoms. The molecule has 0 aliphatic rings. The molecule has 1 unspecified atom stereocenters. The van der Waals surface area contributed by atoms with Crippen LogP contribution in [0.1, 0.15) is 27.7 Å². The largest absolute Gasteiger partial charge is 0.476 e. The van der Waals surface area contributed by atoms with Crippen molar-refractivity contribution in [1.82, 2.24) is 9.80 Å². The normalized spacial score (nSPS) is 13.9. The van der Waals surface area contributed by atoms with E-state index in [-0.39, 0.29) is 10.5 Å². The molecule has 0 aliphatic heterocycles. The van der Waals surface area contributed by atoms with Crippen LogP contribution in [0.2, 0.25) is 0 Å². The van der Waals surface area contributed by atoms with Gasteiger partial charge in [-0.15, -0.1) is 0 Å². The molecule has 0 aromatic carbocycles. The summed E-state index contributed by atoms with van der Waals surface area (Å²) < 4.78 is 79.4. The Kier molecular flexibility index (Phi) is 6.46. The van der Waals surface area contributed by atoms with Crippen molar-refractivity contribution < 1.29 is 40.7 Å². The third-order valence-corrected chi connectivity index (χ3v) is 2.92. The molecule has 11 heteroatoms. The molecule has 25 heavy (non-hydrogen) atoms. The van der Waals surface area contributed by atoms with Gasteiger partial charge in [0, 0.05) is 18.0 Å². The van der Waals surface area contributed by atoms with Crippen molar-refractivity contribution in [2.24, 2.45) is 5.41 Å². The molecule has 5 nitrogen and oxygen atoms in total. The fourth-order valence-electron chi connectivity index (χ4n) is 1.50. The van der Waals surface area contributed by atoms with E-state index in [4.69, 9.17) is 0 Å². The van der Waals surface area contributed by atoms with Crippen LogP contribution in [-0.4, -0.2) is 53.1 Å². The van der Waals surface area contributed by atoms with E-state index >= 15 is 0 Å². The lowest BCUT2D eigenvalue weighted by Gasteiger charge is -2.36. The fourth-order valence-corrected chi connectivity index (χ4v) is 1.50. The van der Waals surface area contributed by atoms with E-state index < -0.39 is 46.6 Å². The fraction of sp³-hybridized carbons (Fsp3) is 0.643. The summed E-state index contributed by atoms with van der Waals surface area (Å²) >= 11 is 0. The smallest absolute Gasteiger partial charge is 0.304 e. The zero-order valence-corrected chi connectivity index (χ0v) is 14.2. The number of nitrogens with zero attached hydrogens (tertiary/aromatic N) is 2. The summed E-state index contributed by atoms with van der Waals surface area (Å²) in [6.45, 7) is 7.17. The molecule has 0 aromatic heterocycles. The van der Waals surface area contributed by atoms with E-state index in [1.54, 1.807) is 0 Å². The van der Waals surface area contributed by atoms with E-state index in [9.17, 15) is 40.7 Å².